The van der Waals surface area contributed by atoms with Crippen LogP contribution >= 0.6 is 11.8 Å². The Bertz CT molecular complexity index is 588. The summed E-state index contributed by atoms with van der Waals surface area (Å²) in [7, 11) is 0. The smallest absolute Gasteiger partial charge is 0.335 e. The van der Waals surface area contributed by atoms with Crippen molar-refractivity contribution in [2.75, 3.05) is 5.75 Å². The fraction of sp³-hybridized carbons (Fsp3) is 0.385. The number of carboxylic acids is 1. The Morgan fingerprint density at radius 3 is 3.11 bits per heavy atom. The Kier molecular flexibility index (Phi) is 2.99. The minimum atomic E-state index is -0.896. The first-order valence-corrected chi connectivity index (χ1v) is 7.12. The zero-order valence-electron chi connectivity index (χ0n) is 9.87. The summed E-state index contributed by atoms with van der Waals surface area (Å²) in [5, 5.41) is 9.41. The van der Waals surface area contributed by atoms with Crippen molar-refractivity contribution in [1.29, 1.82) is 0 Å². The molecule has 94 valence electrons. The molecule has 1 unspecified atom stereocenters. The molecule has 0 saturated carbocycles. The molecule has 1 fully saturated rings. The van der Waals surface area contributed by atoms with Crippen LogP contribution in [0.1, 0.15) is 40.7 Å². The quantitative estimate of drug-likeness (QED) is 0.904. The lowest BCUT2D eigenvalue weighted by atomic mass is 10.2. The van der Waals surface area contributed by atoms with Gasteiger partial charge in [-0.15, -0.1) is 0 Å². The van der Waals surface area contributed by atoms with Crippen LogP contribution in [0, 0.1) is 0 Å². The third-order valence-electron chi connectivity index (χ3n) is 3.28. The monoisotopic (exact) mass is 262 g/mol. The number of aromatic nitrogens is 2. The summed E-state index contributed by atoms with van der Waals surface area (Å²) in [6.45, 7) is 0. The molecule has 1 aliphatic rings. The maximum Gasteiger partial charge on any atom is 0.335 e. The average molecular weight is 262 g/mol. The van der Waals surface area contributed by atoms with E-state index in [2.05, 4.69) is 4.98 Å². The molecule has 0 aliphatic carbocycles. The predicted molar refractivity (Wildman–Crippen MR) is 71.2 cm³/mol. The van der Waals surface area contributed by atoms with E-state index in [9.17, 15) is 4.79 Å². The van der Waals surface area contributed by atoms with Crippen molar-refractivity contribution in [2.45, 2.75) is 24.5 Å². The van der Waals surface area contributed by atoms with Gasteiger partial charge in [0.05, 0.1) is 22.5 Å². The summed E-state index contributed by atoms with van der Waals surface area (Å²) < 4.78 is 2.01. The summed E-state index contributed by atoms with van der Waals surface area (Å²) >= 11 is 1.95. The number of hydrogen-bond acceptors (Lipinski definition) is 3. The van der Waals surface area contributed by atoms with Gasteiger partial charge in [-0.2, -0.15) is 11.8 Å². The number of imidazole rings is 1. The minimum Gasteiger partial charge on any atom is -0.478 e. The molecule has 0 bridgehead atoms. The summed E-state index contributed by atoms with van der Waals surface area (Å²) in [4.78, 5) is 15.4. The molecule has 0 spiro atoms. The van der Waals surface area contributed by atoms with E-state index in [0.717, 1.165) is 17.8 Å². The third kappa shape index (κ3) is 1.99. The second kappa shape index (κ2) is 4.65. The van der Waals surface area contributed by atoms with Crippen molar-refractivity contribution in [3.8, 4) is 0 Å². The van der Waals surface area contributed by atoms with E-state index in [4.69, 9.17) is 5.11 Å². The number of hydrogen-bond donors (Lipinski definition) is 1. The molecule has 0 amide bonds. The van der Waals surface area contributed by atoms with Crippen LogP contribution in [-0.4, -0.2) is 26.2 Å². The van der Waals surface area contributed by atoms with Crippen LogP contribution in [0.4, 0.5) is 0 Å². The van der Waals surface area contributed by atoms with E-state index < -0.39 is 5.97 Å². The van der Waals surface area contributed by atoms with E-state index in [-0.39, 0.29) is 0 Å². The average Bonchev–Trinajstić information content (AvgIpc) is 2.82. The molecule has 1 saturated heterocycles. The first-order valence-electron chi connectivity index (χ1n) is 6.07. The molecule has 2 aromatic heterocycles. The highest BCUT2D eigenvalue weighted by atomic mass is 32.2. The van der Waals surface area contributed by atoms with Crippen LogP contribution in [0.15, 0.2) is 24.5 Å². The molecule has 5 heteroatoms. The number of pyridine rings is 1. The lowest BCUT2D eigenvalue weighted by Gasteiger charge is -2.20. The summed E-state index contributed by atoms with van der Waals surface area (Å²) in [5.41, 5.74) is 1.17. The van der Waals surface area contributed by atoms with Gasteiger partial charge < -0.3 is 9.51 Å². The SMILES string of the molecule is O=C(O)c1ccn2c(C3CCCCS3)ncc2c1. The highest BCUT2D eigenvalue weighted by Crippen LogP contribution is 2.37. The summed E-state index contributed by atoms with van der Waals surface area (Å²) in [6.07, 6.45) is 7.27. The normalized spacial score (nSPS) is 20.1. The molecule has 4 nitrogen and oxygen atoms in total. The van der Waals surface area contributed by atoms with Crippen molar-refractivity contribution >= 4 is 23.2 Å². The number of nitrogens with zero attached hydrogens (tertiary/aromatic N) is 2. The van der Waals surface area contributed by atoms with Crippen LogP contribution in [0.2, 0.25) is 0 Å². The maximum absolute atomic E-state index is 10.9. The molecular weight excluding hydrogens is 248 g/mol. The van der Waals surface area contributed by atoms with Crippen LogP contribution in [0.5, 0.6) is 0 Å². The van der Waals surface area contributed by atoms with E-state index in [0.29, 0.717) is 10.8 Å². The van der Waals surface area contributed by atoms with Gasteiger partial charge in [0, 0.05) is 6.20 Å². The molecule has 3 heterocycles. The zero-order valence-corrected chi connectivity index (χ0v) is 10.7. The zero-order chi connectivity index (χ0) is 12.5. The molecule has 1 N–H and O–H groups in total. The third-order valence-corrected chi connectivity index (χ3v) is 4.65. The number of fused-ring (bicyclic) bond motifs is 1. The highest BCUT2D eigenvalue weighted by Gasteiger charge is 2.20. The molecule has 18 heavy (non-hydrogen) atoms. The fourth-order valence-electron chi connectivity index (χ4n) is 2.34. The van der Waals surface area contributed by atoms with E-state index in [1.54, 1.807) is 18.3 Å². The van der Waals surface area contributed by atoms with Gasteiger partial charge in [0.2, 0.25) is 0 Å². The van der Waals surface area contributed by atoms with Crippen LogP contribution < -0.4 is 0 Å². The molecule has 2 aromatic rings. The van der Waals surface area contributed by atoms with E-state index in [1.807, 2.05) is 22.4 Å². The number of carbonyl (C=O) groups is 1. The Morgan fingerprint density at radius 2 is 2.39 bits per heavy atom. The van der Waals surface area contributed by atoms with Crippen LogP contribution in [0.3, 0.4) is 0 Å². The first-order chi connectivity index (χ1) is 8.75. The van der Waals surface area contributed by atoms with E-state index >= 15 is 0 Å². The Balaban J connectivity index is 2.01. The number of thioether (sulfide) groups is 1. The second-order valence-corrected chi connectivity index (χ2v) is 5.80. The van der Waals surface area contributed by atoms with E-state index in [1.165, 1.54) is 18.6 Å². The van der Waals surface area contributed by atoms with Gasteiger partial charge in [-0.05, 0) is 30.7 Å². The van der Waals surface area contributed by atoms with Crippen LogP contribution in [-0.2, 0) is 0 Å². The van der Waals surface area contributed by atoms with Crippen molar-refractivity contribution in [1.82, 2.24) is 9.38 Å². The summed E-state index contributed by atoms with van der Waals surface area (Å²) in [6, 6.07) is 3.31. The molecule has 0 radical (unpaired) electrons. The van der Waals surface area contributed by atoms with Crippen molar-refractivity contribution in [3.05, 3.63) is 35.9 Å². The van der Waals surface area contributed by atoms with Gasteiger partial charge >= 0.3 is 5.97 Å². The van der Waals surface area contributed by atoms with Gasteiger partial charge in [-0.1, -0.05) is 6.42 Å². The van der Waals surface area contributed by atoms with Crippen molar-refractivity contribution in [2.24, 2.45) is 0 Å². The molecule has 1 atom stereocenters. The number of aromatic carboxylic acids is 1. The predicted octanol–water partition coefficient (Wildman–Crippen LogP) is 2.99. The maximum atomic E-state index is 10.9. The van der Waals surface area contributed by atoms with Crippen molar-refractivity contribution < 1.29 is 9.90 Å². The topological polar surface area (TPSA) is 54.6 Å². The molecular formula is C13H14N2O2S. The Morgan fingerprint density at radius 1 is 1.50 bits per heavy atom. The molecule has 1 aliphatic heterocycles. The lowest BCUT2D eigenvalue weighted by Crippen LogP contribution is -2.06. The van der Waals surface area contributed by atoms with Gasteiger partial charge in [-0.3, -0.25) is 0 Å². The van der Waals surface area contributed by atoms with Gasteiger partial charge in [0.25, 0.3) is 0 Å². The Labute approximate surface area is 109 Å². The largest absolute Gasteiger partial charge is 0.478 e. The first kappa shape index (κ1) is 11.6. The fourth-order valence-corrected chi connectivity index (χ4v) is 3.65. The number of rotatable bonds is 2. The van der Waals surface area contributed by atoms with Gasteiger partial charge in [-0.25, -0.2) is 9.78 Å². The van der Waals surface area contributed by atoms with Crippen molar-refractivity contribution in [3.63, 3.8) is 0 Å². The Hall–Kier alpha value is -1.49. The molecule has 3 rings (SSSR count). The summed E-state index contributed by atoms with van der Waals surface area (Å²) in [5.74, 6) is 1.34. The van der Waals surface area contributed by atoms with Crippen LogP contribution in [0.25, 0.3) is 5.52 Å². The lowest BCUT2D eigenvalue weighted by molar-refractivity contribution is 0.0697. The second-order valence-electron chi connectivity index (χ2n) is 4.49. The number of carboxylic acid groups (broad SMARTS) is 1. The highest BCUT2D eigenvalue weighted by molar-refractivity contribution is 7.99. The van der Waals surface area contributed by atoms with Gasteiger partial charge in [0.15, 0.2) is 0 Å². The molecule has 0 aromatic carbocycles. The minimum absolute atomic E-state index is 0.310. The standard InChI is InChI=1S/C13H14N2O2S/c16-13(17)9-4-5-15-10(7-9)8-14-12(15)11-3-1-2-6-18-11/h4-5,7-8,11H,1-3,6H2,(H,16,17). The van der Waals surface area contributed by atoms with Gasteiger partial charge in [0.1, 0.15) is 5.82 Å².